The van der Waals surface area contributed by atoms with E-state index >= 15 is 0 Å². The molecule has 28 heavy (non-hydrogen) atoms. The first-order valence-corrected chi connectivity index (χ1v) is 10.6. The molecule has 0 aliphatic heterocycles. The zero-order valence-corrected chi connectivity index (χ0v) is 17.0. The number of benzene rings is 1. The van der Waals surface area contributed by atoms with Crippen molar-refractivity contribution in [1.82, 2.24) is 9.88 Å². The van der Waals surface area contributed by atoms with Crippen molar-refractivity contribution in [2.45, 2.75) is 38.5 Å². The summed E-state index contributed by atoms with van der Waals surface area (Å²) in [4.78, 5) is 12.3. The minimum Gasteiger partial charge on any atom is -0.351 e. The van der Waals surface area contributed by atoms with E-state index in [0.717, 1.165) is 17.0 Å². The summed E-state index contributed by atoms with van der Waals surface area (Å²) < 4.78 is 15.9. The van der Waals surface area contributed by atoms with Gasteiger partial charge in [0.05, 0.1) is 0 Å². The van der Waals surface area contributed by atoms with Gasteiger partial charge in [0, 0.05) is 35.5 Å². The van der Waals surface area contributed by atoms with E-state index in [1.807, 2.05) is 25.1 Å². The molecule has 4 nitrogen and oxygen atoms in total. The molecule has 146 valence electrons. The molecule has 1 aliphatic carbocycles. The topological polar surface area (TPSA) is 57.8 Å². The molecule has 0 spiro atoms. The fraction of sp³-hybridized carbons (Fsp3) is 0.364. The van der Waals surface area contributed by atoms with E-state index in [1.54, 1.807) is 30.0 Å². The predicted molar refractivity (Wildman–Crippen MR) is 111 cm³/mol. The Morgan fingerprint density at radius 3 is 2.82 bits per heavy atom. The van der Waals surface area contributed by atoms with Crippen LogP contribution in [0.1, 0.15) is 41.4 Å². The summed E-state index contributed by atoms with van der Waals surface area (Å²) in [5, 5.41) is 12.2. The zero-order valence-electron chi connectivity index (χ0n) is 16.2. The highest BCUT2D eigenvalue weighted by molar-refractivity contribution is 7.98. The quantitative estimate of drug-likeness (QED) is 0.404. The second-order valence-corrected chi connectivity index (χ2v) is 8.10. The van der Waals surface area contributed by atoms with Crippen molar-refractivity contribution in [3.05, 3.63) is 64.2 Å². The van der Waals surface area contributed by atoms with Gasteiger partial charge in [-0.2, -0.15) is 17.0 Å². The minimum absolute atomic E-state index is 0.107. The minimum atomic E-state index is -0.370. The summed E-state index contributed by atoms with van der Waals surface area (Å²) in [6.45, 7) is 4.52. The predicted octanol–water partition coefficient (Wildman–Crippen LogP) is 4.54. The largest absolute Gasteiger partial charge is 0.351 e. The van der Waals surface area contributed by atoms with Crippen LogP contribution in [0.5, 0.6) is 0 Å². The summed E-state index contributed by atoms with van der Waals surface area (Å²) >= 11 is 1.54. The molecule has 1 heterocycles. The van der Waals surface area contributed by atoms with Crippen LogP contribution in [-0.2, 0) is 10.5 Å². The first-order chi connectivity index (χ1) is 13.5. The van der Waals surface area contributed by atoms with E-state index < -0.39 is 0 Å². The van der Waals surface area contributed by atoms with Crippen molar-refractivity contribution in [1.29, 1.82) is 5.26 Å². The van der Waals surface area contributed by atoms with Gasteiger partial charge in [-0.25, -0.2) is 4.39 Å². The van der Waals surface area contributed by atoms with E-state index in [1.165, 1.54) is 18.9 Å². The van der Waals surface area contributed by atoms with Gasteiger partial charge in [-0.05, 0) is 56.0 Å². The number of carbonyl (C=O) groups excluding carboxylic acids is 1. The summed E-state index contributed by atoms with van der Waals surface area (Å²) in [6.07, 6.45) is 4.05. The molecule has 2 aromatic rings. The van der Waals surface area contributed by atoms with Crippen molar-refractivity contribution < 1.29 is 9.18 Å². The normalized spacial score (nSPS) is 14.0. The monoisotopic (exact) mass is 397 g/mol. The molecule has 0 radical (unpaired) electrons. The molecule has 1 amide bonds. The van der Waals surface area contributed by atoms with Crippen LogP contribution in [0.25, 0.3) is 6.08 Å². The third-order valence-electron chi connectivity index (χ3n) is 4.85. The second-order valence-electron chi connectivity index (χ2n) is 7.00. The molecule has 6 heteroatoms. The molecule has 0 bridgehead atoms. The van der Waals surface area contributed by atoms with Gasteiger partial charge in [0.1, 0.15) is 17.5 Å². The molecule has 3 rings (SSSR count). The van der Waals surface area contributed by atoms with Crippen LogP contribution in [0, 0.1) is 31.0 Å². The first-order valence-electron chi connectivity index (χ1n) is 9.41. The van der Waals surface area contributed by atoms with Gasteiger partial charge in [-0.15, -0.1) is 0 Å². The molecule has 1 N–H and O–H groups in total. The van der Waals surface area contributed by atoms with E-state index in [0.29, 0.717) is 29.7 Å². The molecule has 1 aliphatic rings. The van der Waals surface area contributed by atoms with E-state index in [4.69, 9.17) is 0 Å². The summed E-state index contributed by atoms with van der Waals surface area (Å²) in [5.74, 6) is 0.619. The molecule has 1 aromatic carbocycles. The van der Waals surface area contributed by atoms with Crippen LogP contribution in [0.2, 0.25) is 0 Å². The van der Waals surface area contributed by atoms with Crippen molar-refractivity contribution in [2.24, 2.45) is 0 Å². The maximum Gasteiger partial charge on any atom is 0.261 e. The third kappa shape index (κ3) is 4.85. The Balaban J connectivity index is 1.53. The molecule has 0 unspecified atom stereocenters. The number of amides is 1. The molecule has 1 aromatic heterocycles. The van der Waals surface area contributed by atoms with E-state index in [2.05, 4.69) is 16.8 Å². The lowest BCUT2D eigenvalue weighted by Crippen LogP contribution is -2.26. The van der Waals surface area contributed by atoms with Crippen LogP contribution >= 0.6 is 11.8 Å². The van der Waals surface area contributed by atoms with Crippen molar-refractivity contribution in [3.63, 3.8) is 0 Å². The summed E-state index contributed by atoms with van der Waals surface area (Å²) in [6, 6.07) is 11.3. The average Bonchev–Trinajstić information content (AvgIpc) is 3.46. The number of carbonyl (C=O) groups is 1. The van der Waals surface area contributed by atoms with Crippen LogP contribution in [0.3, 0.4) is 0 Å². The number of aryl methyl sites for hydroxylation is 1. The summed E-state index contributed by atoms with van der Waals surface area (Å²) in [7, 11) is 0. The first kappa shape index (κ1) is 20.2. The number of halogens is 1. The maximum absolute atomic E-state index is 13.6. The van der Waals surface area contributed by atoms with Gasteiger partial charge in [-0.3, -0.25) is 4.79 Å². The van der Waals surface area contributed by atoms with Gasteiger partial charge in [0.15, 0.2) is 0 Å². The SMILES string of the molecule is Cc1cc(/C=C(\C#N)C(=O)NCCSCc2ccccc2F)c(C)n1C1CC1. The second kappa shape index (κ2) is 9.11. The molecule has 0 saturated heterocycles. The number of rotatable bonds is 8. The Kier molecular flexibility index (Phi) is 6.58. The highest BCUT2D eigenvalue weighted by atomic mass is 32.2. The zero-order chi connectivity index (χ0) is 20.1. The van der Waals surface area contributed by atoms with Crippen LogP contribution in [-0.4, -0.2) is 22.8 Å². The number of thioether (sulfide) groups is 1. The van der Waals surface area contributed by atoms with Crippen LogP contribution < -0.4 is 5.32 Å². The lowest BCUT2D eigenvalue weighted by molar-refractivity contribution is -0.116. The smallest absolute Gasteiger partial charge is 0.261 e. The number of nitriles is 1. The number of hydrogen-bond acceptors (Lipinski definition) is 3. The fourth-order valence-electron chi connectivity index (χ4n) is 3.28. The lowest BCUT2D eigenvalue weighted by atomic mass is 10.1. The van der Waals surface area contributed by atoms with Gasteiger partial charge in [-0.1, -0.05) is 18.2 Å². The Hall–Kier alpha value is -2.52. The highest BCUT2D eigenvalue weighted by Gasteiger charge is 2.26. The van der Waals surface area contributed by atoms with E-state index in [9.17, 15) is 14.4 Å². The van der Waals surface area contributed by atoms with E-state index in [-0.39, 0.29) is 17.3 Å². The van der Waals surface area contributed by atoms with Gasteiger partial charge in [0.25, 0.3) is 5.91 Å². The van der Waals surface area contributed by atoms with Crippen LogP contribution in [0.4, 0.5) is 4.39 Å². The molecule has 0 atom stereocenters. The number of nitrogens with one attached hydrogen (secondary N) is 1. The molecule has 1 fully saturated rings. The van der Waals surface area contributed by atoms with Gasteiger partial charge < -0.3 is 9.88 Å². The average molecular weight is 398 g/mol. The van der Waals surface area contributed by atoms with Crippen molar-refractivity contribution >= 4 is 23.7 Å². The summed E-state index contributed by atoms with van der Waals surface area (Å²) in [5.41, 5.74) is 3.94. The fourth-order valence-corrected chi connectivity index (χ4v) is 4.12. The maximum atomic E-state index is 13.6. The number of nitrogens with zero attached hydrogens (tertiary/aromatic N) is 2. The third-order valence-corrected chi connectivity index (χ3v) is 5.86. The standard InChI is InChI=1S/C22H24FN3OS/c1-15-11-18(16(2)26(15)20-7-8-20)12-19(13-24)22(27)25-9-10-28-14-17-5-3-4-6-21(17)23/h3-6,11-12,20H,7-10,14H2,1-2H3,(H,25,27)/b19-12+. The Morgan fingerprint density at radius 2 is 2.14 bits per heavy atom. The number of aromatic nitrogens is 1. The van der Waals surface area contributed by atoms with Crippen LogP contribution in [0.15, 0.2) is 35.9 Å². The van der Waals surface area contributed by atoms with Crippen molar-refractivity contribution in [3.8, 4) is 6.07 Å². The van der Waals surface area contributed by atoms with Gasteiger partial charge >= 0.3 is 0 Å². The van der Waals surface area contributed by atoms with Gasteiger partial charge in [0.2, 0.25) is 0 Å². The lowest BCUT2D eigenvalue weighted by Gasteiger charge is -2.07. The highest BCUT2D eigenvalue weighted by Crippen LogP contribution is 2.38. The Bertz CT molecular complexity index is 938. The number of hydrogen-bond donors (Lipinski definition) is 1. The molecule has 1 saturated carbocycles. The van der Waals surface area contributed by atoms with Crippen molar-refractivity contribution in [2.75, 3.05) is 12.3 Å². The Morgan fingerprint density at radius 1 is 1.39 bits per heavy atom. The molecular weight excluding hydrogens is 373 g/mol. The molecular formula is C22H24FN3OS. The Labute approximate surface area is 169 Å².